The van der Waals surface area contributed by atoms with Crippen molar-refractivity contribution >= 4 is 20.0 Å². The van der Waals surface area contributed by atoms with Crippen LogP contribution in [0.5, 0.6) is 0 Å². The second-order valence-electron chi connectivity index (χ2n) is 5.27. The van der Waals surface area contributed by atoms with E-state index in [0.29, 0.717) is 0 Å². The molecule has 0 fully saturated rings. The second-order valence-corrected chi connectivity index (χ2v) is 16.3. The summed E-state index contributed by atoms with van der Waals surface area (Å²) in [6, 6.07) is 0. The van der Waals surface area contributed by atoms with Crippen LogP contribution >= 0.6 is 0 Å². The van der Waals surface area contributed by atoms with Crippen molar-refractivity contribution in [2.24, 2.45) is 0 Å². The summed E-state index contributed by atoms with van der Waals surface area (Å²) in [4.78, 5) is 0. The van der Waals surface area contributed by atoms with Crippen molar-refractivity contribution in [2.75, 3.05) is 0 Å². The molecule has 0 saturated carbocycles. The molecule has 0 aromatic carbocycles. The minimum absolute atomic E-state index is 0.852. The Hall–Kier alpha value is 0.348. The quantitative estimate of drug-likeness (QED) is 0.626. The van der Waals surface area contributed by atoms with Gasteiger partial charge in [-0.15, -0.1) is 0 Å². The summed E-state index contributed by atoms with van der Waals surface area (Å²) in [5.41, 5.74) is 1.78. The summed E-state index contributed by atoms with van der Waals surface area (Å²) >= 11 is -1.55. The van der Waals surface area contributed by atoms with Gasteiger partial charge < -0.3 is 0 Å². The summed E-state index contributed by atoms with van der Waals surface area (Å²) in [6.07, 6.45) is 3.89. The minimum atomic E-state index is -1.55. The Morgan fingerprint density at radius 2 is 1.43 bits per heavy atom. The first-order valence-electron chi connectivity index (χ1n) is 6.08. The molecule has 0 bridgehead atoms. The van der Waals surface area contributed by atoms with Gasteiger partial charge in [-0.05, 0) is 0 Å². The van der Waals surface area contributed by atoms with Crippen LogP contribution in [0.15, 0.2) is 9.88 Å². The average molecular weight is 255 g/mol. The number of hydrogen-bond donors (Lipinski definition) is 0. The monoisotopic (exact) mass is 256 g/mol. The van der Waals surface area contributed by atoms with Gasteiger partial charge in [-0.25, -0.2) is 0 Å². The van der Waals surface area contributed by atoms with Crippen LogP contribution in [-0.2, 0) is 0 Å². The molecule has 0 nitrogen and oxygen atoms in total. The fraction of sp³-hybridized carbons (Fsp3) is 0.833. The molecular formula is C12H27BGe. The summed E-state index contributed by atoms with van der Waals surface area (Å²) in [6.45, 7) is 10.2. The van der Waals surface area contributed by atoms with Gasteiger partial charge >= 0.3 is 93.9 Å². The molecule has 0 aromatic heterocycles. The van der Waals surface area contributed by atoms with E-state index < -0.39 is 13.3 Å². The third-order valence-corrected chi connectivity index (χ3v) is 8.86. The first kappa shape index (κ1) is 14.3. The maximum atomic E-state index is 2.51. The molecule has 0 aliphatic heterocycles. The summed E-state index contributed by atoms with van der Waals surface area (Å²) in [5, 5.41) is 0. The number of rotatable bonds is 5. The van der Waals surface area contributed by atoms with E-state index in [1.807, 2.05) is 0 Å². The van der Waals surface area contributed by atoms with Crippen LogP contribution in [0, 0.1) is 0 Å². The standard InChI is InChI=1S/C12H27BGe/c1-8-12(13(9-2)10-3)11(4)14(5,6)7/h8-10H2,1-7H3/b12-11-. The van der Waals surface area contributed by atoms with Crippen molar-refractivity contribution in [1.82, 2.24) is 0 Å². The summed E-state index contributed by atoms with van der Waals surface area (Å²) in [5.74, 6) is 7.52. The van der Waals surface area contributed by atoms with E-state index in [9.17, 15) is 0 Å². The molecule has 0 aromatic rings. The van der Waals surface area contributed by atoms with E-state index in [1.54, 1.807) is 9.88 Å². The van der Waals surface area contributed by atoms with E-state index >= 15 is 0 Å². The van der Waals surface area contributed by atoms with E-state index in [2.05, 4.69) is 45.0 Å². The van der Waals surface area contributed by atoms with Crippen molar-refractivity contribution in [3.63, 3.8) is 0 Å². The van der Waals surface area contributed by atoms with E-state index in [-0.39, 0.29) is 0 Å². The molecule has 0 heterocycles. The molecule has 0 spiro atoms. The topological polar surface area (TPSA) is 0 Å². The van der Waals surface area contributed by atoms with Crippen LogP contribution in [0.2, 0.25) is 29.9 Å². The Morgan fingerprint density at radius 1 is 1.00 bits per heavy atom. The first-order chi connectivity index (χ1) is 6.38. The van der Waals surface area contributed by atoms with E-state index in [0.717, 1.165) is 6.71 Å². The van der Waals surface area contributed by atoms with Gasteiger partial charge in [-0.2, -0.15) is 0 Å². The maximum absolute atomic E-state index is 2.51. The van der Waals surface area contributed by atoms with Crippen molar-refractivity contribution in [2.45, 2.75) is 64.0 Å². The van der Waals surface area contributed by atoms with Crippen LogP contribution in [0.1, 0.15) is 34.1 Å². The zero-order valence-corrected chi connectivity index (χ0v) is 13.3. The molecule has 0 unspecified atom stereocenters. The molecule has 0 amide bonds. The predicted molar refractivity (Wildman–Crippen MR) is 73.1 cm³/mol. The summed E-state index contributed by atoms with van der Waals surface area (Å²) < 4.78 is 1.79. The molecule has 82 valence electrons. The normalized spacial score (nSPS) is 13.9. The molecule has 0 rings (SSSR count). The third-order valence-electron chi connectivity index (χ3n) is 3.47. The molecule has 2 heteroatoms. The Bertz CT molecular complexity index is 197. The predicted octanol–water partition coefficient (Wildman–Crippen LogP) is 4.66. The molecule has 0 radical (unpaired) electrons. The van der Waals surface area contributed by atoms with Gasteiger partial charge in [0.2, 0.25) is 0 Å². The van der Waals surface area contributed by atoms with E-state index in [4.69, 9.17) is 0 Å². The van der Waals surface area contributed by atoms with Crippen LogP contribution in [0.25, 0.3) is 0 Å². The van der Waals surface area contributed by atoms with Crippen LogP contribution < -0.4 is 0 Å². The number of allylic oxidation sites excluding steroid dienone is 2. The van der Waals surface area contributed by atoms with E-state index in [1.165, 1.54) is 19.1 Å². The Labute approximate surface area is 94.0 Å². The van der Waals surface area contributed by atoms with Crippen molar-refractivity contribution in [1.29, 1.82) is 0 Å². The third kappa shape index (κ3) is 3.84. The molecular weight excluding hydrogens is 228 g/mol. The van der Waals surface area contributed by atoms with Gasteiger partial charge in [0, 0.05) is 0 Å². The Kier molecular flexibility index (Phi) is 6.20. The zero-order valence-electron chi connectivity index (χ0n) is 11.2. The van der Waals surface area contributed by atoms with Crippen molar-refractivity contribution in [3.8, 4) is 0 Å². The SMILES string of the molecule is CCB(CC)/C(CC)=[C](/C)[Ge]([CH3])([CH3])[CH3]. The molecule has 0 saturated heterocycles. The van der Waals surface area contributed by atoms with Gasteiger partial charge in [0.15, 0.2) is 0 Å². The number of hydrogen-bond acceptors (Lipinski definition) is 0. The fourth-order valence-corrected chi connectivity index (χ4v) is 4.94. The van der Waals surface area contributed by atoms with Crippen LogP contribution in [-0.4, -0.2) is 20.0 Å². The second kappa shape index (κ2) is 6.05. The van der Waals surface area contributed by atoms with Crippen LogP contribution in [0.3, 0.4) is 0 Å². The molecule has 14 heavy (non-hydrogen) atoms. The van der Waals surface area contributed by atoms with Crippen molar-refractivity contribution in [3.05, 3.63) is 9.88 Å². The summed E-state index contributed by atoms with van der Waals surface area (Å²) in [7, 11) is 0. The Balaban J connectivity index is 5.01. The molecule has 0 N–H and O–H groups in total. The van der Waals surface area contributed by atoms with Gasteiger partial charge in [0.05, 0.1) is 0 Å². The molecule has 0 aliphatic rings. The molecule has 0 atom stereocenters. The molecule has 0 aliphatic carbocycles. The van der Waals surface area contributed by atoms with Gasteiger partial charge in [-0.3, -0.25) is 0 Å². The van der Waals surface area contributed by atoms with Gasteiger partial charge in [-0.1, -0.05) is 0 Å². The van der Waals surface area contributed by atoms with Crippen LogP contribution in [0.4, 0.5) is 0 Å². The fourth-order valence-electron chi connectivity index (χ4n) is 2.12. The van der Waals surface area contributed by atoms with Gasteiger partial charge in [0.25, 0.3) is 0 Å². The average Bonchev–Trinajstić information content (AvgIpc) is 2.11. The zero-order chi connectivity index (χ0) is 11.4. The van der Waals surface area contributed by atoms with Crippen molar-refractivity contribution < 1.29 is 0 Å². The van der Waals surface area contributed by atoms with Gasteiger partial charge in [0.1, 0.15) is 0 Å². The first-order valence-corrected chi connectivity index (χ1v) is 13.4. The Morgan fingerprint density at radius 3 is 1.64 bits per heavy atom.